The lowest BCUT2D eigenvalue weighted by Gasteiger charge is -2.30. The first-order valence-corrected chi connectivity index (χ1v) is 11.2. The van der Waals surface area contributed by atoms with Gasteiger partial charge in [-0.3, -0.25) is 9.78 Å². The quantitative estimate of drug-likeness (QED) is 0.707. The zero-order valence-electron chi connectivity index (χ0n) is 17.4. The Morgan fingerprint density at radius 3 is 2.73 bits per heavy atom. The predicted molar refractivity (Wildman–Crippen MR) is 112 cm³/mol. The van der Waals surface area contributed by atoms with Crippen LogP contribution in [0.5, 0.6) is 0 Å². The summed E-state index contributed by atoms with van der Waals surface area (Å²) in [6, 6.07) is 3.71. The van der Waals surface area contributed by atoms with E-state index in [2.05, 4.69) is 15.5 Å². The minimum Gasteiger partial charge on any atom is -0.383 e. The predicted octanol–water partition coefficient (Wildman–Crippen LogP) is 1.63. The third kappa shape index (κ3) is 5.06. The number of piperidine rings is 1. The van der Waals surface area contributed by atoms with Crippen LogP contribution in [0.1, 0.15) is 29.9 Å². The number of rotatable bonds is 7. The number of carbonyl (C=O) groups is 1. The van der Waals surface area contributed by atoms with Crippen molar-refractivity contribution in [3.8, 4) is 0 Å². The number of nitrogens with zero attached hydrogens (tertiary/aromatic N) is 4. The molecule has 2 aromatic rings. The van der Waals surface area contributed by atoms with Crippen molar-refractivity contribution in [1.29, 1.82) is 0 Å². The Kier molecular flexibility index (Phi) is 6.88. The molecule has 1 N–H and O–H groups in total. The Morgan fingerprint density at radius 2 is 2.10 bits per heavy atom. The number of nitrogens with one attached hydrogen (secondary N) is 1. The summed E-state index contributed by atoms with van der Waals surface area (Å²) in [5.41, 5.74) is 1.25. The van der Waals surface area contributed by atoms with E-state index >= 15 is 0 Å². The number of aryl methyl sites for hydroxylation is 1. The molecule has 0 aliphatic carbocycles. The first-order chi connectivity index (χ1) is 14.3. The summed E-state index contributed by atoms with van der Waals surface area (Å²) < 4.78 is 33.0. The van der Waals surface area contributed by atoms with E-state index in [1.54, 1.807) is 36.5 Å². The summed E-state index contributed by atoms with van der Waals surface area (Å²) in [4.78, 5) is 18.4. The van der Waals surface area contributed by atoms with Gasteiger partial charge in [0, 0.05) is 64.3 Å². The van der Waals surface area contributed by atoms with Crippen LogP contribution in [0.25, 0.3) is 6.08 Å². The van der Waals surface area contributed by atoms with Gasteiger partial charge >= 0.3 is 0 Å². The Labute approximate surface area is 176 Å². The topological polar surface area (TPSA) is 109 Å². The number of hydrogen-bond acceptors (Lipinski definition) is 7. The second kappa shape index (κ2) is 9.40. The molecule has 0 aromatic carbocycles. The molecule has 0 saturated carbocycles. The molecule has 1 amide bonds. The summed E-state index contributed by atoms with van der Waals surface area (Å²) in [5.74, 6) is -0.0750. The van der Waals surface area contributed by atoms with Crippen LogP contribution >= 0.6 is 0 Å². The van der Waals surface area contributed by atoms with E-state index in [4.69, 9.17) is 4.52 Å². The van der Waals surface area contributed by atoms with Gasteiger partial charge in [0.05, 0.1) is 0 Å². The number of hydrogen-bond donors (Lipinski definition) is 1. The SMILES string of the molecule is Cc1noc(/C=C/N(C)C)c1S(=O)(=O)N1CCC(C(=O)NCc2cccnc2)CC1. The summed E-state index contributed by atoms with van der Waals surface area (Å²) in [6.45, 7) is 2.57. The maximum atomic E-state index is 13.2. The van der Waals surface area contributed by atoms with Gasteiger partial charge in [-0.25, -0.2) is 8.42 Å². The Morgan fingerprint density at radius 1 is 1.37 bits per heavy atom. The van der Waals surface area contributed by atoms with Crippen LogP contribution in [0, 0.1) is 12.8 Å². The highest BCUT2D eigenvalue weighted by Gasteiger charge is 2.35. The maximum absolute atomic E-state index is 13.2. The molecule has 0 unspecified atom stereocenters. The average Bonchev–Trinajstić information content (AvgIpc) is 3.12. The zero-order chi connectivity index (χ0) is 21.7. The second-order valence-corrected chi connectivity index (χ2v) is 9.37. The monoisotopic (exact) mass is 433 g/mol. The van der Waals surface area contributed by atoms with Crippen molar-refractivity contribution in [1.82, 2.24) is 24.7 Å². The molecule has 3 rings (SSSR count). The summed E-state index contributed by atoms with van der Waals surface area (Å²) >= 11 is 0. The van der Waals surface area contributed by atoms with Crippen molar-refractivity contribution in [2.45, 2.75) is 31.2 Å². The van der Waals surface area contributed by atoms with Crippen LogP contribution in [-0.2, 0) is 21.4 Å². The van der Waals surface area contributed by atoms with E-state index in [9.17, 15) is 13.2 Å². The van der Waals surface area contributed by atoms with Gasteiger partial charge in [-0.05, 0) is 31.4 Å². The molecule has 3 heterocycles. The lowest BCUT2D eigenvalue weighted by atomic mass is 9.97. The number of sulfonamides is 1. The van der Waals surface area contributed by atoms with E-state index in [0.29, 0.717) is 25.1 Å². The van der Waals surface area contributed by atoms with E-state index in [0.717, 1.165) is 5.56 Å². The number of pyridine rings is 1. The molecular formula is C20H27N5O4S. The largest absolute Gasteiger partial charge is 0.383 e. The lowest BCUT2D eigenvalue weighted by molar-refractivity contribution is -0.126. The Balaban J connectivity index is 1.63. The fourth-order valence-electron chi connectivity index (χ4n) is 3.34. The number of amides is 1. The lowest BCUT2D eigenvalue weighted by Crippen LogP contribution is -2.43. The molecule has 10 heteroatoms. The van der Waals surface area contributed by atoms with Gasteiger partial charge in [0.15, 0.2) is 10.7 Å². The fraction of sp³-hybridized carbons (Fsp3) is 0.450. The highest BCUT2D eigenvalue weighted by atomic mass is 32.2. The number of carbonyl (C=O) groups excluding carboxylic acids is 1. The van der Waals surface area contributed by atoms with Crippen molar-refractivity contribution in [3.63, 3.8) is 0 Å². The molecule has 1 fully saturated rings. The van der Waals surface area contributed by atoms with E-state index in [1.807, 2.05) is 26.2 Å². The highest BCUT2D eigenvalue weighted by molar-refractivity contribution is 7.89. The minimum absolute atomic E-state index is 0.0633. The molecule has 0 bridgehead atoms. The summed E-state index contributed by atoms with van der Waals surface area (Å²) in [6.07, 6.45) is 7.61. The van der Waals surface area contributed by atoms with Crippen LogP contribution in [-0.4, -0.2) is 60.9 Å². The van der Waals surface area contributed by atoms with Gasteiger partial charge < -0.3 is 14.7 Å². The zero-order valence-corrected chi connectivity index (χ0v) is 18.2. The third-order valence-electron chi connectivity index (χ3n) is 4.97. The second-order valence-electron chi connectivity index (χ2n) is 7.50. The normalized spacial score (nSPS) is 16.1. The summed E-state index contributed by atoms with van der Waals surface area (Å²) in [7, 11) is -0.102. The molecule has 0 spiro atoms. The van der Waals surface area contributed by atoms with Gasteiger partial charge in [-0.2, -0.15) is 4.31 Å². The standard InChI is InChI=1S/C20H27N5O4S/c1-15-19(18(29-23-15)8-10-24(2)3)30(27,28)25-11-6-17(7-12-25)20(26)22-14-16-5-4-9-21-13-16/h4-5,8-10,13,17H,6-7,11-12,14H2,1-3H3,(H,22,26)/b10-8+. The molecule has 1 aliphatic rings. The van der Waals surface area contributed by atoms with Crippen LogP contribution in [0.15, 0.2) is 40.1 Å². The average molecular weight is 434 g/mol. The van der Waals surface area contributed by atoms with Crippen LogP contribution in [0.4, 0.5) is 0 Å². The van der Waals surface area contributed by atoms with Crippen molar-refractivity contribution in [2.75, 3.05) is 27.2 Å². The molecule has 162 valence electrons. The molecular weight excluding hydrogens is 406 g/mol. The molecule has 1 aliphatic heterocycles. The van der Waals surface area contributed by atoms with Crippen molar-refractivity contribution >= 4 is 22.0 Å². The third-order valence-corrected chi connectivity index (χ3v) is 7.03. The van der Waals surface area contributed by atoms with Crippen LogP contribution < -0.4 is 5.32 Å². The molecule has 2 aromatic heterocycles. The maximum Gasteiger partial charge on any atom is 0.248 e. The Hall–Kier alpha value is -2.72. The summed E-state index contributed by atoms with van der Waals surface area (Å²) in [5, 5.41) is 6.74. The molecule has 1 saturated heterocycles. The first-order valence-electron chi connectivity index (χ1n) is 9.76. The highest BCUT2D eigenvalue weighted by Crippen LogP contribution is 2.29. The van der Waals surface area contributed by atoms with Gasteiger partial charge in [0.1, 0.15) is 5.69 Å². The van der Waals surface area contributed by atoms with E-state index in [-0.39, 0.29) is 35.6 Å². The van der Waals surface area contributed by atoms with Gasteiger partial charge in [-0.1, -0.05) is 11.2 Å². The fourth-order valence-corrected chi connectivity index (χ4v) is 5.06. The van der Waals surface area contributed by atoms with Crippen molar-refractivity contribution in [3.05, 3.63) is 47.7 Å². The number of aromatic nitrogens is 2. The molecule has 9 nitrogen and oxygen atoms in total. The van der Waals surface area contributed by atoms with E-state index < -0.39 is 10.0 Å². The first kappa shape index (κ1) is 22.0. The minimum atomic E-state index is -3.76. The molecule has 0 radical (unpaired) electrons. The van der Waals surface area contributed by atoms with Gasteiger partial charge in [-0.15, -0.1) is 0 Å². The molecule has 30 heavy (non-hydrogen) atoms. The smallest absolute Gasteiger partial charge is 0.248 e. The Bertz CT molecular complexity index is 993. The van der Waals surface area contributed by atoms with Crippen LogP contribution in [0.3, 0.4) is 0 Å². The van der Waals surface area contributed by atoms with Gasteiger partial charge in [0.25, 0.3) is 0 Å². The van der Waals surface area contributed by atoms with Crippen molar-refractivity contribution in [2.24, 2.45) is 5.92 Å². The molecule has 0 atom stereocenters. The van der Waals surface area contributed by atoms with Crippen molar-refractivity contribution < 1.29 is 17.7 Å². The van der Waals surface area contributed by atoms with Crippen LogP contribution in [0.2, 0.25) is 0 Å². The van der Waals surface area contributed by atoms with E-state index in [1.165, 1.54) is 4.31 Å². The van der Waals surface area contributed by atoms with Gasteiger partial charge in [0.2, 0.25) is 15.9 Å².